The van der Waals surface area contributed by atoms with Gasteiger partial charge in [0, 0.05) is 6.20 Å². The molecule has 130 valence electrons. The van der Waals surface area contributed by atoms with Gasteiger partial charge in [0.1, 0.15) is 29.8 Å². The minimum atomic E-state index is -0.736. The molecule has 0 saturated carbocycles. The monoisotopic (exact) mass is 331 g/mol. The fourth-order valence-electron chi connectivity index (χ4n) is 2.20. The molecule has 1 N–H and O–H groups in total. The van der Waals surface area contributed by atoms with Gasteiger partial charge in [0.05, 0.1) is 6.54 Å². The maximum absolute atomic E-state index is 12.2. The van der Waals surface area contributed by atoms with E-state index in [2.05, 4.69) is 0 Å². The van der Waals surface area contributed by atoms with Crippen molar-refractivity contribution < 1.29 is 19.4 Å². The minimum absolute atomic E-state index is 0.148. The van der Waals surface area contributed by atoms with Crippen LogP contribution in [0.3, 0.4) is 0 Å². The zero-order chi connectivity index (χ0) is 17.7. The number of ether oxygens (including phenoxy) is 2. The van der Waals surface area contributed by atoms with Gasteiger partial charge in [-0.1, -0.05) is 17.7 Å². The van der Waals surface area contributed by atoms with Crippen LogP contribution in [-0.2, 0) is 11.3 Å². The van der Waals surface area contributed by atoms with E-state index >= 15 is 0 Å². The first-order valence-electron chi connectivity index (χ1n) is 8.00. The third-order valence-corrected chi connectivity index (χ3v) is 3.31. The molecule has 0 spiro atoms. The van der Waals surface area contributed by atoms with Crippen LogP contribution in [0.15, 0.2) is 42.6 Å². The van der Waals surface area contributed by atoms with Crippen LogP contribution in [0, 0.1) is 6.92 Å². The van der Waals surface area contributed by atoms with Crippen LogP contribution in [0.25, 0.3) is 0 Å². The van der Waals surface area contributed by atoms with Crippen molar-refractivity contribution in [3.05, 3.63) is 53.9 Å². The molecule has 5 heteroatoms. The van der Waals surface area contributed by atoms with Gasteiger partial charge in [-0.25, -0.2) is 4.79 Å². The number of benzene rings is 1. The molecule has 0 amide bonds. The number of carbonyl (C=O) groups excluding carboxylic acids is 1. The first kappa shape index (κ1) is 18.1. The predicted molar refractivity (Wildman–Crippen MR) is 92.3 cm³/mol. The molecule has 1 heterocycles. The highest BCUT2D eigenvalue weighted by molar-refractivity contribution is 5.88. The van der Waals surface area contributed by atoms with E-state index in [0.29, 0.717) is 11.4 Å². The average molecular weight is 331 g/mol. The standard InChI is InChI=1S/C19H25NO4/c1-14-7-9-16(10-8-14)23-13-15(21)12-20-11-5-6-17(20)18(22)24-19(2,3)4/h5-11,15,21H,12-13H2,1-4H3. The van der Waals surface area contributed by atoms with Crippen molar-refractivity contribution in [2.24, 2.45) is 0 Å². The average Bonchev–Trinajstić information content (AvgIpc) is 2.93. The Morgan fingerprint density at radius 3 is 2.50 bits per heavy atom. The van der Waals surface area contributed by atoms with Gasteiger partial charge in [0.25, 0.3) is 0 Å². The molecule has 1 atom stereocenters. The number of nitrogens with zero attached hydrogens (tertiary/aromatic N) is 1. The second-order valence-electron chi connectivity index (χ2n) is 6.83. The van der Waals surface area contributed by atoms with Crippen molar-refractivity contribution >= 4 is 5.97 Å². The molecule has 24 heavy (non-hydrogen) atoms. The van der Waals surface area contributed by atoms with Crippen LogP contribution in [0.5, 0.6) is 5.75 Å². The van der Waals surface area contributed by atoms with E-state index in [4.69, 9.17) is 9.47 Å². The van der Waals surface area contributed by atoms with E-state index in [-0.39, 0.29) is 13.2 Å². The van der Waals surface area contributed by atoms with Gasteiger partial charge in [-0.15, -0.1) is 0 Å². The van der Waals surface area contributed by atoms with E-state index in [1.165, 1.54) is 0 Å². The van der Waals surface area contributed by atoms with Crippen molar-refractivity contribution in [1.82, 2.24) is 4.57 Å². The van der Waals surface area contributed by atoms with Crippen molar-refractivity contribution in [1.29, 1.82) is 0 Å². The van der Waals surface area contributed by atoms with Gasteiger partial charge < -0.3 is 19.1 Å². The fourth-order valence-corrected chi connectivity index (χ4v) is 2.20. The maximum Gasteiger partial charge on any atom is 0.355 e. The highest BCUT2D eigenvalue weighted by Gasteiger charge is 2.21. The summed E-state index contributed by atoms with van der Waals surface area (Å²) in [4.78, 5) is 12.2. The van der Waals surface area contributed by atoms with E-state index < -0.39 is 17.7 Å². The Balaban J connectivity index is 1.92. The number of hydrogen-bond donors (Lipinski definition) is 1. The van der Waals surface area contributed by atoms with Crippen LogP contribution in [-0.4, -0.2) is 34.0 Å². The van der Waals surface area contributed by atoms with Gasteiger partial charge in [-0.05, 0) is 52.0 Å². The van der Waals surface area contributed by atoms with Crippen molar-refractivity contribution in [3.8, 4) is 5.75 Å². The van der Waals surface area contributed by atoms with Crippen molar-refractivity contribution in [2.75, 3.05) is 6.61 Å². The molecule has 1 aromatic carbocycles. The summed E-state index contributed by atoms with van der Waals surface area (Å²) in [6.07, 6.45) is 1.01. The summed E-state index contributed by atoms with van der Waals surface area (Å²) in [5, 5.41) is 10.2. The third-order valence-electron chi connectivity index (χ3n) is 3.31. The Kier molecular flexibility index (Phi) is 5.67. The lowest BCUT2D eigenvalue weighted by atomic mass is 10.2. The summed E-state index contributed by atoms with van der Waals surface area (Å²) in [7, 11) is 0. The quantitative estimate of drug-likeness (QED) is 0.826. The SMILES string of the molecule is Cc1ccc(OCC(O)Cn2cccc2C(=O)OC(C)(C)C)cc1. The topological polar surface area (TPSA) is 60.7 Å². The Labute approximate surface area is 142 Å². The largest absolute Gasteiger partial charge is 0.491 e. The van der Waals surface area contributed by atoms with Gasteiger partial charge in [0.2, 0.25) is 0 Å². The smallest absolute Gasteiger partial charge is 0.355 e. The molecule has 1 aromatic heterocycles. The number of aromatic nitrogens is 1. The zero-order valence-electron chi connectivity index (χ0n) is 14.7. The zero-order valence-corrected chi connectivity index (χ0v) is 14.7. The summed E-state index contributed by atoms with van der Waals surface area (Å²) < 4.78 is 12.6. The van der Waals surface area contributed by atoms with E-state index in [9.17, 15) is 9.90 Å². The summed E-state index contributed by atoms with van der Waals surface area (Å²) in [5.41, 5.74) is 1.01. The molecule has 1 unspecified atom stereocenters. The van der Waals surface area contributed by atoms with E-state index in [1.807, 2.05) is 52.0 Å². The predicted octanol–water partition coefficient (Wildman–Crippen LogP) is 3.19. The van der Waals surface area contributed by atoms with Gasteiger partial charge in [-0.3, -0.25) is 0 Å². The number of aliphatic hydroxyl groups is 1. The lowest BCUT2D eigenvalue weighted by Gasteiger charge is -2.21. The lowest BCUT2D eigenvalue weighted by molar-refractivity contribution is 0.00532. The van der Waals surface area contributed by atoms with Gasteiger partial charge >= 0.3 is 5.97 Å². The number of esters is 1. The van der Waals surface area contributed by atoms with Gasteiger partial charge in [-0.2, -0.15) is 0 Å². The molecule has 2 aromatic rings. The van der Waals surface area contributed by atoms with Crippen molar-refractivity contribution in [3.63, 3.8) is 0 Å². The Bertz CT molecular complexity index is 667. The van der Waals surface area contributed by atoms with E-state index in [0.717, 1.165) is 5.56 Å². The Hall–Kier alpha value is -2.27. The molecule has 0 aliphatic carbocycles. The molecule has 0 fully saturated rings. The normalized spacial score (nSPS) is 12.7. The first-order chi connectivity index (χ1) is 11.2. The molecule has 5 nitrogen and oxygen atoms in total. The highest BCUT2D eigenvalue weighted by atomic mass is 16.6. The summed E-state index contributed by atoms with van der Waals surface area (Å²) in [6.45, 7) is 7.87. The molecule has 0 bridgehead atoms. The Morgan fingerprint density at radius 2 is 1.88 bits per heavy atom. The molecule has 0 aliphatic rings. The van der Waals surface area contributed by atoms with Gasteiger partial charge in [0.15, 0.2) is 0 Å². The number of rotatable bonds is 6. The third kappa shape index (κ3) is 5.42. The molecule has 0 saturated heterocycles. The summed E-state index contributed by atoms with van der Waals surface area (Å²) in [6, 6.07) is 11.1. The minimum Gasteiger partial charge on any atom is -0.491 e. The second kappa shape index (κ2) is 7.53. The van der Waals surface area contributed by atoms with Crippen LogP contribution in [0.2, 0.25) is 0 Å². The molecule has 0 radical (unpaired) electrons. The van der Waals surface area contributed by atoms with E-state index in [1.54, 1.807) is 22.9 Å². The second-order valence-corrected chi connectivity index (χ2v) is 6.83. The molecular formula is C19H25NO4. The molecule has 2 rings (SSSR count). The van der Waals surface area contributed by atoms with Crippen LogP contribution < -0.4 is 4.74 Å². The maximum atomic E-state index is 12.2. The summed E-state index contributed by atoms with van der Waals surface area (Å²) >= 11 is 0. The summed E-state index contributed by atoms with van der Waals surface area (Å²) in [5.74, 6) is 0.304. The molecular weight excluding hydrogens is 306 g/mol. The van der Waals surface area contributed by atoms with Crippen molar-refractivity contribution in [2.45, 2.75) is 45.9 Å². The first-order valence-corrected chi connectivity index (χ1v) is 8.00. The Morgan fingerprint density at radius 1 is 1.21 bits per heavy atom. The van der Waals surface area contributed by atoms with Crippen LogP contribution in [0.4, 0.5) is 0 Å². The highest BCUT2D eigenvalue weighted by Crippen LogP contribution is 2.14. The number of hydrogen-bond acceptors (Lipinski definition) is 4. The number of carbonyl (C=O) groups is 1. The van der Waals surface area contributed by atoms with Crippen LogP contribution in [0.1, 0.15) is 36.8 Å². The fraction of sp³-hybridized carbons (Fsp3) is 0.421. The number of aryl methyl sites for hydroxylation is 1. The molecule has 0 aliphatic heterocycles. The van der Waals surface area contributed by atoms with Crippen LogP contribution >= 0.6 is 0 Å². The lowest BCUT2D eigenvalue weighted by Crippen LogP contribution is -2.28. The number of aliphatic hydroxyl groups excluding tert-OH is 1.